The smallest absolute Gasteiger partial charge is 0.233 e. The van der Waals surface area contributed by atoms with Crippen LogP contribution in [0.2, 0.25) is 0 Å². The fourth-order valence-corrected chi connectivity index (χ4v) is 4.19. The lowest BCUT2D eigenvalue weighted by molar-refractivity contribution is -0.671. The second-order valence-corrected chi connectivity index (χ2v) is 7.23. The first kappa shape index (κ1) is 16.3. The number of halogens is 1. The molecule has 0 bridgehead atoms. The van der Waals surface area contributed by atoms with Crippen molar-refractivity contribution in [3.63, 3.8) is 0 Å². The number of likely N-dealkylation sites (tertiary alicyclic amines) is 1. The van der Waals surface area contributed by atoms with Crippen molar-refractivity contribution in [3.8, 4) is 0 Å². The second kappa shape index (κ2) is 6.60. The molecule has 1 aliphatic carbocycles. The number of rotatable bonds is 4. The average molecular weight is 356 g/mol. The number of amides is 2. The van der Waals surface area contributed by atoms with Gasteiger partial charge in [-0.1, -0.05) is 29.8 Å². The Kier molecular flexibility index (Phi) is 4.30. The Morgan fingerprint density at radius 2 is 1.84 bits per heavy atom. The van der Waals surface area contributed by atoms with E-state index in [1.807, 2.05) is 30.5 Å². The second-order valence-electron chi connectivity index (χ2n) is 6.75. The number of hydrogen-bond donors (Lipinski definition) is 0. The molecule has 0 spiro atoms. The van der Waals surface area contributed by atoms with Gasteiger partial charge in [-0.25, -0.2) is 0 Å². The molecule has 128 valence electrons. The molecule has 0 radical (unpaired) electrons. The van der Waals surface area contributed by atoms with Crippen LogP contribution in [-0.4, -0.2) is 23.3 Å². The lowest BCUT2D eigenvalue weighted by atomic mass is 9.85. The summed E-state index contributed by atoms with van der Waals surface area (Å²) in [6.07, 6.45) is 5.76. The molecular formula is C20H20ClN2O2+. The van der Waals surface area contributed by atoms with Crippen LogP contribution in [0.4, 0.5) is 0 Å². The summed E-state index contributed by atoms with van der Waals surface area (Å²) in [6.45, 7) is 1.24. The van der Waals surface area contributed by atoms with E-state index in [9.17, 15) is 9.59 Å². The minimum Gasteiger partial charge on any atom is -0.282 e. The standard InChI is InChI=1S/C20H20ClN2O2/c21-15-8-9-16-17(13-15)20(25)23(19(16)24)12-4-11-22-10-3-6-14-5-1-2-7-18(14)22/h1-3,5-8,10,16-17H,4,9,11-13H2/q+1/t16-,17+/m0/s1. The topological polar surface area (TPSA) is 41.3 Å². The summed E-state index contributed by atoms with van der Waals surface area (Å²) in [5.41, 5.74) is 1.16. The number of para-hydroxylation sites is 1. The van der Waals surface area contributed by atoms with Crippen molar-refractivity contribution >= 4 is 34.3 Å². The Morgan fingerprint density at radius 3 is 2.72 bits per heavy atom. The fraction of sp³-hybridized carbons (Fsp3) is 0.350. The number of aromatic nitrogens is 1. The summed E-state index contributed by atoms with van der Waals surface area (Å²) in [4.78, 5) is 26.5. The van der Waals surface area contributed by atoms with E-state index in [4.69, 9.17) is 11.6 Å². The maximum atomic E-state index is 12.6. The Balaban J connectivity index is 1.44. The molecule has 0 N–H and O–H groups in total. The average Bonchev–Trinajstić information content (AvgIpc) is 2.86. The zero-order valence-corrected chi connectivity index (χ0v) is 14.7. The SMILES string of the molecule is O=C1[C@H]2CC=C(Cl)C[C@H]2C(=O)N1CCC[n+]1cccc2ccccc21. The van der Waals surface area contributed by atoms with Gasteiger partial charge in [-0.3, -0.25) is 14.5 Å². The van der Waals surface area contributed by atoms with Gasteiger partial charge in [0.05, 0.1) is 11.8 Å². The van der Waals surface area contributed by atoms with E-state index >= 15 is 0 Å². The summed E-state index contributed by atoms with van der Waals surface area (Å²) in [6, 6.07) is 12.3. The largest absolute Gasteiger partial charge is 0.282 e. The van der Waals surface area contributed by atoms with Crippen LogP contribution < -0.4 is 4.57 Å². The van der Waals surface area contributed by atoms with Crippen LogP contribution in [0.25, 0.3) is 10.9 Å². The van der Waals surface area contributed by atoms with Gasteiger partial charge in [0.25, 0.3) is 0 Å². The molecule has 2 aliphatic rings. The van der Waals surface area contributed by atoms with E-state index < -0.39 is 0 Å². The monoisotopic (exact) mass is 355 g/mol. The fourth-order valence-electron chi connectivity index (χ4n) is 3.93. The van der Waals surface area contributed by atoms with Crippen molar-refractivity contribution in [1.82, 2.24) is 4.90 Å². The van der Waals surface area contributed by atoms with Crippen molar-refractivity contribution < 1.29 is 14.2 Å². The molecular weight excluding hydrogens is 336 g/mol. The van der Waals surface area contributed by atoms with Gasteiger partial charge >= 0.3 is 0 Å². The summed E-state index contributed by atoms with van der Waals surface area (Å²) in [5.74, 6) is -0.544. The number of benzene rings is 1. The van der Waals surface area contributed by atoms with Crippen molar-refractivity contribution in [1.29, 1.82) is 0 Å². The van der Waals surface area contributed by atoms with E-state index in [0.29, 0.717) is 24.4 Å². The number of imide groups is 1. The minimum atomic E-state index is -0.254. The van der Waals surface area contributed by atoms with Gasteiger partial charge in [0.1, 0.15) is 0 Å². The molecule has 0 unspecified atom stereocenters. The predicted octanol–water partition coefficient (Wildman–Crippen LogP) is 3.04. The molecule has 1 aliphatic heterocycles. The summed E-state index contributed by atoms with van der Waals surface area (Å²) >= 11 is 6.06. The van der Waals surface area contributed by atoms with Gasteiger partial charge in [-0.15, -0.1) is 0 Å². The Bertz CT molecular complexity index is 872. The Hall–Kier alpha value is -2.20. The number of allylic oxidation sites excluding steroid dienone is 2. The number of hydrogen-bond acceptors (Lipinski definition) is 2. The molecule has 4 nitrogen and oxygen atoms in total. The molecule has 2 amide bonds. The Labute approximate surface area is 151 Å². The van der Waals surface area contributed by atoms with Crippen LogP contribution in [0.3, 0.4) is 0 Å². The maximum absolute atomic E-state index is 12.6. The molecule has 1 saturated heterocycles. The molecule has 2 heterocycles. The van der Waals surface area contributed by atoms with E-state index in [1.165, 1.54) is 10.3 Å². The van der Waals surface area contributed by atoms with E-state index in [-0.39, 0.29) is 23.7 Å². The van der Waals surface area contributed by atoms with Gasteiger partial charge in [0.2, 0.25) is 17.3 Å². The zero-order valence-electron chi connectivity index (χ0n) is 13.9. The predicted molar refractivity (Wildman–Crippen MR) is 95.6 cm³/mol. The molecule has 25 heavy (non-hydrogen) atoms. The quantitative estimate of drug-likeness (QED) is 0.625. The summed E-state index contributed by atoms with van der Waals surface area (Å²) in [7, 11) is 0. The molecule has 5 heteroatoms. The molecule has 1 aromatic carbocycles. The zero-order chi connectivity index (χ0) is 17.4. The van der Waals surface area contributed by atoms with Gasteiger partial charge in [0.15, 0.2) is 12.7 Å². The highest BCUT2D eigenvalue weighted by Crippen LogP contribution is 2.38. The molecule has 1 aromatic heterocycles. The first-order valence-electron chi connectivity index (χ1n) is 8.72. The molecule has 2 atom stereocenters. The first-order valence-corrected chi connectivity index (χ1v) is 9.10. The Morgan fingerprint density at radius 1 is 1.08 bits per heavy atom. The molecule has 2 aromatic rings. The molecule has 0 saturated carbocycles. The minimum absolute atomic E-state index is 0.0293. The van der Waals surface area contributed by atoms with Crippen molar-refractivity contribution in [2.24, 2.45) is 11.8 Å². The van der Waals surface area contributed by atoms with Crippen molar-refractivity contribution in [2.45, 2.75) is 25.8 Å². The van der Waals surface area contributed by atoms with Gasteiger partial charge in [-0.2, -0.15) is 4.57 Å². The van der Waals surface area contributed by atoms with Crippen LogP contribution in [-0.2, 0) is 16.1 Å². The van der Waals surface area contributed by atoms with E-state index in [1.54, 1.807) is 0 Å². The van der Waals surface area contributed by atoms with Gasteiger partial charge < -0.3 is 0 Å². The van der Waals surface area contributed by atoms with E-state index in [0.717, 1.165) is 18.5 Å². The van der Waals surface area contributed by atoms with Crippen LogP contribution in [0.5, 0.6) is 0 Å². The number of fused-ring (bicyclic) bond motifs is 2. The first-order chi connectivity index (χ1) is 12.1. The van der Waals surface area contributed by atoms with Gasteiger partial charge in [-0.05, 0) is 25.0 Å². The highest BCUT2D eigenvalue weighted by atomic mass is 35.5. The number of carbonyl (C=O) groups excluding carboxylic acids is 2. The maximum Gasteiger partial charge on any atom is 0.233 e. The third kappa shape index (κ3) is 2.95. The van der Waals surface area contributed by atoms with Gasteiger partial charge in [0, 0.05) is 35.5 Å². The number of aryl methyl sites for hydroxylation is 1. The number of pyridine rings is 1. The number of nitrogens with zero attached hydrogens (tertiary/aromatic N) is 2. The lowest BCUT2D eigenvalue weighted by Crippen LogP contribution is -2.38. The third-order valence-corrected chi connectivity index (χ3v) is 5.54. The lowest BCUT2D eigenvalue weighted by Gasteiger charge is -2.17. The van der Waals surface area contributed by atoms with Crippen LogP contribution in [0.1, 0.15) is 19.3 Å². The number of carbonyl (C=O) groups is 2. The summed E-state index contributed by atoms with van der Waals surface area (Å²) in [5, 5.41) is 1.89. The third-order valence-electron chi connectivity index (χ3n) is 5.23. The molecule has 4 rings (SSSR count). The highest BCUT2D eigenvalue weighted by Gasteiger charge is 2.47. The van der Waals surface area contributed by atoms with Crippen LogP contribution in [0, 0.1) is 11.8 Å². The van der Waals surface area contributed by atoms with Crippen molar-refractivity contribution in [3.05, 3.63) is 53.7 Å². The van der Waals surface area contributed by atoms with E-state index in [2.05, 4.69) is 22.8 Å². The van der Waals surface area contributed by atoms with Crippen LogP contribution >= 0.6 is 11.6 Å². The summed E-state index contributed by atoms with van der Waals surface area (Å²) < 4.78 is 2.17. The van der Waals surface area contributed by atoms with Crippen LogP contribution in [0.15, 0.2) is 53.7 Å². The van der Waals surface area contributed by atoms with Crippen molar-refractivity contribution in [2.75, 3.05) is 6.54 Å². The molecule has 1 fully saturated rings. The highest BCUT2D eigenvalue weighted by molar-refractivity contribution is 6.30. The normalized spacial score (nSPS) is 23.1.